The molecule has 0 fully saturated rings. The quantitative estimate of drug-likeness (QED) is 0.0235. The number of phosphoric ester groups is 1. The highest BCUT2D eigenvalue weighted by Gasteiger charge is 2.27. The second-order valence-corrected chi connectivity index (χ2v) is 16.8. The molecular formula is C46H85O10P. The molecule has 0 aliphatic carbocycles. The fourth-order valence-electron chi connectivity index (χ4n) is 6.26. The first-order valence-corrected chi connectivity index (χ1v) is 24.4. The molecule has 3 N–H and O–H groups in total. The van der Waals surface area contributed by atoms with Crippen LogP contribution in [-0.4, -0.2) is 65.7 Å². The molecule has 3 atom stereocenters. The minimum atomic E-state index is -4.64. The van der Waals surface area contributed by atoms with Crippen molar-refractivity contribution in [1.29, 1.82) is 0 Å². The van der Waals surface area contributed by atoms with E-state index in [4.69, 9.17) is 18.5 Å². The molecule has 10 nitrogen and oxygen atoms in total. The van der Waals surface area contributed by atoms with Crippen molar-refractivity contribution in [3.8, 4) is 0 Å². The van der Waals surface area contributed by atoms with E-state index in [9.17, 15) is 29.3 Å². The van der Waals surface area contributed by atoms with Crippen LogP contribution in [0.5, 0.6) is 0 Å². The van der Waals surface area contributed by atoms with Crippen molar-refractivity contribution in [3.63, 3.8) is 0 Å². The lowest BCUT2D eigenvalue weighted by atomic mass is 10.1. The Bertz CT molecular complexity index is 1050. The Morgan fingerprint density at radius 2 is 0.772 bits per heavy atom. The van der Waals surface area contributed by atoms with Gasteiger partial charge < -0.3 is 24.6 Å². The number of aliphatic hydroxyl groups is 2. The van der Waals surface area contributed by atoms with Gasteiger partial charge in [-0.1, -0.05) is 159 Å². The van der Waals surface area contributed by atoms with Crippen LogP contribution in [0.3, 0.4) is 0 Å². The maximum Gasteiger partial charge on any atom is 0.472 e. The zero-order valence-corrected chi connectivity index (χ0v) is 37.2. The number of carbonyl (C=O) groups is 2. The van der Waals surface area contributed by atoms with E-state index in [1.54, 1.807) is 0 Å². The van der Waals surface area contributed by atoms with Crippen molar-refractivity contribution in [3.05, 3.63) is 36.5 Å². The first kappa shape index (κ1) is 55.2. The van der Waals surface area contributed by atoms with E-state index in [1.807, 2.05) is 0 Å². The Morgan fingerprint density at radius 3 is 1.14 bits per heavy atom. The van der Waals surface area contributed by atoms with Crippen LogP contribution in [0.25, 0.3) is 0 Å². The van der Waals surface area contributed by atoms with E-state index < -0.39 is 58.4 Å². The van der Waals surface area contributed by atoms with Gasteiger partial charge in [0.05, 0.1) is 26.4 Å². The van der Waals surface area contributed by atoms with Gasteiger partial charge >= 0.3 is 19.8 Å². The van der Waals surface area contributed by atoms with Crippen molar-refractivity contribution >= 4 is 19.8 Å². The molecule has 334 valence electrons. The average molecular weight is 829 g/mol. The van der Waals surface area contributed by atoms with Crippen LogP contribution in [0.2, 0.25) is 0 Å². The summed E-state index contributed by atoms with van der Waals surface area (Å²) < 4.78 is 32.6. The van der Waals surface area contributed by atoms with Gasteiger partial charge in [0.1, 0.15) is 12.2 Å². The second kappa shape index (κ2) is 42.3. The largest absolute Gasteiger partial charge is 0.472 e. The van der Waals surface area contributed by atoms with Gasteiger partial charge in [0.25, 0.3) is 0 Å². The molecular weight excluding hydrogens is 743 g/mol. The molecule has 0 radical (unpaired) electrons. The summed E-state index contributed by atoms with van der Waals surface area (Å²) in [6.45, 7) is 2.18. The highest BCUT2D eigenvalue weighted by molar-refractivity contribution is 7.47. The highest BCUT2D eigenvalue weighted by Crippen LogP contribution is 2.43. The van der Waals surface area contributed by atoms with E-state index in [-0.39, 0.29) is 12.8 Å². The summed E-state index contributed by atoms with van der Waals surface area (Å²) in [5.41, 5.74) is 0. The van der Waals surface area contributed by atoms with Crippen molar-refractivity contribution in [2.75, 3.05) is 26.4 Å². The van der Waals surface area contributed by atoms with Crippen LogP contribution < -0.4 is 0 Å². The molecule has 57 heavy (non-hydrogen) atoms. The number of rotatable bonds is 43. The normalized spacial score (nSPS) is 14.1. The summed E-state index contributed by atoms with van der Waals surface area (Å²) >= 11 is 0. The highest BCUT2D eigenvalue weighted by atomic mass is 31.2. The van der Waals surface area contributed by atoms with Gasteiger partial charge in [-0.25, -0.2) is 4.57 Å². The van der Waals surface area contributed by atoms with Crippen molar-refractivity contribution < 1.29 is 47.8 Å². The maximum atomic E-state index is 12.4. The molecule has 0 spiro atoms. The van der Waals surface area contributed by atoms with E-state index in [2.05, 4.69) is 50.3 Å². The van der Waals surface area contributed by atoms with E-state index >= 15 is 0 Å². The number of esters is 2. The van der Waals surface area contributed by atoms with Crippen molar-refractivity contribution in [2.24, 2.45) is 0 Å². The van der Waals surface area contributed by atoms with Crippen LogP contribution in [-0.2, 0) is 32.7 Å². The van der Waals surface area contributed by atoms with E-state index in [0.717, 1.165) is 57.8 Å². The minimum Gasteiger partial charge on any atom is -0.457 e. The van der Waals surface area contributed by atoms with Gasteiger partial charge in [0.2, 0.25) is 0 Å². The summed E-state index contributed by atoms with van der Waals surface area (Å²) in [7, 11) is -4.64. The van der Waals surface area contributed by atoms with Gasteiger partial charge in [0, 0.05) is 12.8 Å². The van der Waals surface area contributed by atoms with Crippen LogP contribution in [0, 0.1) is 0 Å². The van der Waals surface area contributed by atoms with E-state index in [0.29, 0.717) is 12.8 Å². The molecule has 0 saturated heterocycles. The zero-order chi connectivity index (χ0) is 41.9. The van der Waals surface area contributed by atoms with E-state index in [1.165, 1.54) is 109 Å². The maximum absolute atomic E-state index is 12.4. The Morgan fingerprint density at radius 1 is 0.474 bits per heavy atom. The summed E-state index contributed by atoms with van der Waals surface area (Å²) in [6.07, 6.45) is 43.9. The molecule has 0 aliphatic rings. The van der Waals surface area contributed by atoms with Crippen LogP contribution in [0.4, 0.5) is 0 Å². The molecule has 0 heterocycles. The number of aliphatic hydroxyl groups excluding tert-OH is 2. The monoisotopic (exact) mass is 829 g/mol. The third kappa shape index (κ3) is 40.7. The number of carbonyl (C=O) groups excluding carboxylic acids is 2. The molecule has 0 rings (SSSR count). The molecule has 0 aromatic carbocycles. The number of unbranched alkanes of at least 4 members (excludes halogenated alkanes) is 23. The van der Waals surface area contributed by atoms with Gasteiger partial charge in [-0.05, 0) is 70.6 Å². The lowest BCUT2D eigenvalue weighted by Crippen LogP contribution is -2.28. The van der Waals surface area contributed by atoms with Gasteiger partial charge in [-0.15, -0.1) is 0 Å². The molecule has 0 aromatic rings. The van der Waals surface area contributed by atoms with Crippen molar-refractivity contribution in [2.45, 2.75) is 219 Å². The predicted molar refractivity (Wildman–Crippen MR) is 233 cm³/mol. The molecule has 11 heteroatoms. The first-order chi connectivity index (χ1) is 27.8. The topological polar surface area (TPSA) is 149 Å². The molecule has 0 amide bonds. The molecule has 0 saturated carbocycles. The zero-order valence-electron chi connectivity index (χ0n) is 36.3. The van der Waals surface area contributed by atoms with Crippen molar-refractivity contribution in [1.82, 2.24) is 0 Å². The second-order valence-electron chi connectivity index (χ2n) is 15.4. The molecule has 0 aliphatic heterocycles. The molecule has 0 aromatic heterocycles. The third-order valence-electron chi connectivity index (χ3n) is 9.82. The molecule has 0 bridgehead atoms. The number of phosphoric acid groups is 1. The average Bonchev–Trinajstić information content (AvgIpc) is 3.20. The fraction of sp³-hybridized carbons (Fsp3) is 0.826. The minimum absolute atomic E-state index is 0.183. The standard InChI is InChI=1S/C46H85O10P/c1-3-5-7-9-11-13-15-17-19-21-23-25-27-29-31-33-35-37-45(49)55-43(39-47)41-53-57(51,52)54-42-44(40-48)56-46(50)38-36-34-32-30-28-26-24-22-20-18-16-14-12-10-8-6-4-2/h11,13,17-20,43-44,47-48H,3-10,12,14-16,21-42H2,1-2H3,(H,51,52)/b13-11-,19-17-,20-18-. The Kier molecular flexibility index (Phi) is 41.0. The fourth-order valence-corrected chi connectivity index (χ4v) is 7.04. The summed E-state index contributed by atoms with van der Waals surface area (Å²) in [6, 6.07) is 0. The number of hydrogen-bond donors (Lipinski definition) is 3. The number of allylic oxidation sites excluding steroid dienone is 6. The first-order valence-electron chi connectivity index (χ1n) is 22.9. The summed E-state index contributed by atoms with van der Waals surface area (Å²) in [5, 5.41) is 19.2. The Labute approximate surface area is 348 Å². The SMILES string of the molecule is CCCCC/C=C\C/C=C\CCCCCCCCCC(=O)OC(CO)COP(=O)(O)OCC(CO)OC(=O)CCCCCCCCC/C=C\CCCCCCCC. The number of hydrogen-bond acceptors (Lipinski definition) is 9. The Balaban J connectivity index is 3.91. The molecule has 3 unspecified atom stereocenters. The predicted octanol–water partition coefficient (Wildman–Crippen LogP) is 12.3. The van der Waals surface area contributed by atoms with Crippen LogP contribution in [0.15, 0.2) is 36.5 Å². The lowest BCUT2D eigenvalue weighted by Gasteiger charge is -2.20. The summed E-state index contributed by atoms with van der Waals surface area (Å²) in [4.78, 5) is 34.6. The van der Waals surface area contributed by atoms with Gasteiger partial charge in [-0.2, -0.15) is 0 Å². The number of ether oxygens (including phenoxy) is 2. The lowest BCUT2D eigenvalue weighted by molar-refractivity contribution is -0.153. The summed E-state index contributed by atoms with van der Waals surface area (Å²) in [5.74, 6) is -1.03. The van der Waals surface area contributed by atoms with Crippen LogP contribution >= 0.6 is 7.82 Å². The van der Waals surface area contributed by atoms with Gasteiger partial charge in [-0.3, -0.25) is 18.6 Å². The van der Waals surface area contributed by atoms with Gasteiger partial charge in [0.15, 0.2) is 0 Å². The Hall–Kier alpha value is -1.81. The third-order valence-corrected chi connectivity index (χ3v) is 10.8. The van der Waals surface area contributed by atoms with Crippen LogP contribution in [0.1, 0.15) is 206 Å². The smallest absolute Gasteiger partial charge is 0.457 e.